The number of sulfonamides is 1. The highest BCUT2D eigenvalue weighted by Crippen LogP contribution is 2.37. The molecule has 3 heterocycles. The molecule has 6 rings (SSSR count). The number of pyridine rings is 1. The number of nitrogens with zero attached hydrogens (tertiary/aromatic N) is 3. The number of fused-ring (bicyclic) bond motifs is 3. The van der Waals surface area contributed by atoms with Crippen LogP contribution in [0.5, 0.6) is 17.2 Å². The lowest BCUT2D eigenvalue weighted by Gasteiger charge is -2.38. The zero-order chi connectivity index (χ0) is 34.0. The summed E-state index contributed by atoms with van der Waals surface area (Å²) in [5.41, 5.74) is 1.62. The quantitative estimate of drug-likeness (QED) is 0.249. The fourth-order valence-corrected chi connectivity index (χ4v) is 6.96. The molecule has 1 aromatic heterocycles. The molecule has 0 bridgehead atoms. The predicted octanol–water partition coefficient (Wildman–Crippen LogP) is 4.19. The van der Waals surface area contributed by atoms with Gasteiger partial charge in [0.2, 0.25) is 10.0 Å². The average Bonchev–Trinajstić information content (AvgIpc) is 3.09. The topological polar surface area (TPSA) is 160 Å². The van der Waals surface area contributed by atoms with Crippen molar-refractivity contribution < 1.29 is 37.3 Å². The summed E-state index contributed by atoms with van der Waals surface area (Å²) in [6, 6.07) is 17.2. The first kappa shape index (κ1) is 33.0. The molecule has 3 aromatic carbocycles. The molecular formula is C34H37N5O8S. The molecule has 2 aliphatic rings. The smallest absolute Gasteiger partial charge is 0.323 e. The average molecular weight is 676 g/mol. The van der Waals surface area contributed by atoms with E-state index in [1.54, 1.807) is 48.4 Å². The number of nitrogens with one attached hydrogen (secondary N) is 2. The maximum atomic E-state index is 13.9. The van der Waals surface area contributed by atoms with Gasteiger partial charge in [-0.2, -0.15) is 4.31 Å². The van der Waals surface area contributed by atoms with Crippen molar-refractivity contribution in [3.63, 3.8) is 0 Å². The van der Waals surface area contributed by atoms with Gasteiger partial charge >= 0.3 is 6.03 Å². The number of aliphatic hydroxyl groups excluding tert-OH is 1. The van der Waals surface area contributed by atoms with E-state index in [2.05, 4.69) is 15.6 Å². The second-order valence-corrected chi connectivity index (χ2v) is 13.9. The first-order valence-corrected chi connectivity index (χ1v) is 17.0. The number of carbonyl (C=O) groups excluding carboxylic acids is 2. The number of aliphatic hydroxyl groups is 1. The summed E-state index contributed by atoms with van der Waals surface area (Å²) in [4.78, 5) is 33.1. The van der Waals surface area contributed by atoms with E-state index in [0.717, 1.165) is 5.39 Å². The van der Waals surface area contributed by atoms with Crippen molar-refractivity contribution in [3.05, 3.63) is 78.5 Å². The maximum absolute atomic E-state index is 13.9. The third-order valence-corrected chi connectivity index (χ3v) is 10.3. The molecule has 48 heavy (non-hydrogen) atoms. The third kappa shape index (κ3) is 6.59. The molecule has 0 spiro atoms. The van der Waals surface area contributed by atoms with Crippen molar-refractivity contribution in [2.75, 3.05) is 50.6 Å². The molecule has 0 unspecified atom stereocenters. The standard InChI is InChI=1S/C34H37N5O8S/c1-21-18-39(22(2)20-40)33(41)25-8-6-10-28(37-34(42)36-27-13-14-35-26-9-5-4-7-24(26)27)32(25)47-31(21)19-38(3)48(43,44)23-11-12-29-30(17-23)46-16-15-45-29/h4-14,17,21-22,31,40H,15-16,18-20H2,1-3H3,(H2,35,36,37,42)/t21-,22+,31+/m1/s1. The number of likely N-dealkylation sites (N-methyl/N-ethyl adjacent to an activating group) is 1. The molecule has 2 aliphatic heterocycles. The van der Waals surface area contributed by atoms with Gasteiger partial charge in [-0.15, -0.1) is 0 Å². The molecule has 0 aliphatic carbocycles. The van der Waals surface area contributed by atoms with Crippen LogP contribution in [0.4, 0.5) is 16.2 Å². The number of carbonyl (C=O) groups is 2. The Bertz CT molecular complexity index is 1950. The summed E-state index contributed by atoms with van der Waals surface area (Å²) in [6.07, 6.45) is 0.827. The Morgan fingerprint density at radius 1 is 1.04 bits per heavy atom. The highest BCUT2D eigenvalue weighted by molar-refractivity contribution is 7.89. The number of hydrogen-bond donors (Lipinski definition) is 3. The van der Waals surface area contributed by atoms with Gasteiger partial charge in [0.1, 0.15) is 19.3 Å². The molecule has 14 heteroatoms. The minimum Gasteiger partial charge on any atom is -0.486 e. The van der Waals surface area contributed by atoms with Gasteiger partial charge < -0.3 is 34.9 Å². The lowest BCUT2D eigenvalue weighted by Crippen LogP contribution is -2.50. The van der Waals surface area contributed by atoms with E-state index in [9.17, 15) is 23.1 Å². The van der Waals surface area contributed by atoms with Gasteiger partial charge in [-0.25, -0.2) is 13.2 Å². The number of hydrogen-bond acceptors (Lipinski definition) is 9. The lowest BCUT2D eigenvalue weighted by atomic mass is 9.99. The number of anilines is 2. The molecular weight excluding hydrogens is 638 g/mol. The van der Waals surface area contributed by atoms with Gasteiger partial charge in [0.15, 0.2) is 17.2 Å². The van der Waals surface area contributed by atoms with E-state index in [1.807, 2.05) is 31.2 Å². The van der Waals surface area contributed by atoms with Gasteiger partial charge in [-0.1, -0.05) is 31.2 Å². The minimum atomic E-state index is -4.01. The van der Waals surface area contributed by atoms with Crippen molar-refractivity contribution >= 4 is 44.2 Å². The highest BCUT2D eigenvalue weighted by Gasteiger charge is 2.36. The first-order chi connectivity index (χ1) is 23.1. The van der Waals surface area contributed by atoms with Crippen LogP contribution in [0.2, 0.25) is 0 Å². The van der Waals surface area contributed by atoms with Crippen molar-refractivity contribution in [1.29, 1.82) is 0 Å². The first-order valence-electron chi connectivity index (χ1n) is 15.6. The SMILES string of the molecule is C[C@@H]1CN([C@@H](C)CO)C(=O)c2cccc(NC(=O)Nc3ccnc4ccccc34)c2O[C@H]1CN(C)S(=O)(=O)c1ccc2c(c1)OCCO2. The Hall–Kier alpha value is -4.92. The van der Waals surface area contributed by atoms with Crippen LogP contribution in [-0.4, -0.2) is 91.8 Å². The number of urea groups is 1. The van der Waals surface area contributed by atoms with E-state index < -0.39 is 34.1 Å². The van der Waals surface area contributed by atoms with Crippen molar-refractivity contribution in [1.82, 2.24) is 14.2 Å². The number of ether oxygens (including phenoxy) is 3. The van der Waals surface area contributed by atoms with Gasteiger partial charge in [0, 0.05) is 37.2 Å². The Morgan fingerprint density at radius 3 is 2.58 bits per heavy atom. The fraction of sp³-hybridized carbons (Fsp3) is 0.324. The van der Waals surface area contributed by atoms with Gasteiger partial charge in [0.05, 0.1) is 46.5 Å². The summed E-state index contributed by atoms with van der Waals surface area (Å²) < 4.78 is 46.4. The van der Waals surface area contributed by atoms with Crippen LogP contribution in [0.3, 0.4) is 0 Å². The van der Waals surface area contributed by atoms with Crippen molar-refractivity contribution in [2.45, 2.75) is 30.9 Å². The molecule has 252 valence electrons. The van der Waals surface area contributed by atoms with Gasteiger partial charge in [-0.3, -0.25) is 9.78 Å². The second-order valence-electron chi connectivity index (χ2n) is 11.9. The molecule has 3 amide bonds. The number of aromatic nitrogens is 1. The number of amides is 3. The summed E-state index contributed by atoms with van der Waals surface area (Å²) >= 11 is 0. The largest absolute Gasteiger partial charge is 0.486 e. The third-order valence-electron chi connectivity index (χ3n) is 8.50. The zero-order valence-electron chi connectivity index (χ0n) is 26.8. The van der Waals surface area contributed by atoms with E-state index >= 15 is 0 Å². The minimum absolute atomic E-state index is 0.0292. The molecule has 0 saturated heterocycles. The molecule has 0 saturated carbocycles. The second kappa shape index (κ2) is 13.7. The normalized spacial score (nSPS) is 18.4. The predicted molar refractivity (Wildman–Crippen MR) is 179 cm³/mol. The molecule has 3 N–H and O–H groups in total. The number of para-hydroxylation sites is 2. The van der Waals surface area contributed by atoms with E-state index in [0.29, 0.717) is 35.9 Å². The Morgan fingerprint density at radius 2 is 1.79 bits per heavy atom. The summed E-state index contributed by atoms with van der Waals surface area (Å²) in [5, 5.41) is 16.4. The summed E-state index contributed by atoms with van der Waals surface area (Å²) in [6.45, 7) is 4.10. The molecule has 3 atom stereocenters. The van der Waals surface area contributed by atoms with E-state index in [1.165, 1.54) is 23.5 Å². The fourth-order valence-electron chi connectivity index (χ4n) is 5.76. The lowest BCUT2D eigenvalue weighted by molar-refractivity contribution is 0.0389. The summed E-state index contributed by atoms with van der Waals surface area (Å²) in [7, 11) is -2.55. The van der Waals surface area contributed by atoms with Crippen molar-refractivity contribution in [2.24, 2.45) is 5.92 Å². The van der Waals surface area contributed by atoms with E-state index in [-0.39, 0.29) is 47.5 Å². The van der Waals surface area contributed by atoms with Crippen molar-refractivity contribution in [3.8, 4) is 17.2 Å². The van der Waals surface area contributed by atoms with Gasteiger partial charge in [0.25, 0.3) is 5.91 Å². The van der Waals surface area contributed by atoms with E-state index in [4.69, 9.17) is 14.2 Å². The Labute approximate surface area is 278 Å². The Kier molecular flexibility index (Phi) is 9.40. The molecule has 4 aromatic rings. The maximum Gasteiger partial charge on any atom is 0.323 e. The monoisotopic (exact) mass is 675 g/mol. The van der Waals surface area contributed by atoms with Crippen LogP contribution >= 0.6 is 0 Å². The number of rotatable bonds is 8. The van der Waals surface area contributed by atoms with Crippen LogP contribution in [-0.2, 0) is 10.0 Å². The van der Waals surface area contributed by atoms with Crippen LogP contribution in [0.15, 0.2) is 77.8 Å². The number of benzene rings is 3. The van der Waals surface area contributed by atoms with Crippen LogP contribution in [0, 0.1) is 5.92 Å². The molecule has 0 fully saturated rings. The molecule has 0 radical (unpaired) electrons. The summed E-state index contributed by atoms with van der Waals surface area (Å²) in [5.74, 6) is 0.132. The zero-order valence-corrected chi connectivity index (χ0v) is 27.6. The highest BCUT2D eigenvalue weighted by atomic mass is 32.2. The molecule has 13 nitrogen and oxygen atoms in total. The van der Waals surface area contributed by atoms with Crippen LogP contribution in [0.25, 0.3) is 10.9 Å². The van der Waals surface area contributed by atoms with Crippen LogP contribution < -0.4 is 24.8 Å². The van der Waals surface area contributed by atoms with Gasteiger partial charge in [-0.05, 0) is 43.3 Å². The Balaban J connectivity index is 1.31. The van der Waals surface area contributed by atoms with Crippen LogP contribution in [0.1, 0.15) is 24.2 Å².